The van der Waals surface area contributed by atoms with E-state index in [1.165, 1.54) is 22.3 Å². The summed E-state index contributed by atoms with van der Waals surface area (Å²) in [6.07, 6.45) is 3.01. The Kier molecular flexibility index (Phi) is 4.11. The standard InChI is InChI=1S/C21H24N2O/c22-14-15-4-3-6-17(12-15)16-8-10-23(11-9-16)21(24)20-13-18-5-1-2-7-19(18)20/h1-7,12,16,20H,8-11,13-14,22H2. The molecular weight excluding hydrogens is 296 g/mol. The van der Waals surface area contributed by atoms with Gasteiger partial charge >= 0.3 is 0 Å². The second-order valence-corrected chi connectivity index (χ2v) is 7.00. The number of rotatable bonds is 3. The van der Waals surface area contributed by atoms with Crippen LogP contribution in [0.4, 0.5) is 0 Å². The average Bonchev–Trinajstić information content (AvgIpc) is 2.63. The zero-order valence-electron chi connectivity index (χ0n) is 13.9. The summed E-state index contributed by atoms with van der Waals surface area (Å²) in [7, 11) is 0. The fourth-order valence-electron chi connectivity index (χ4n) is 4.11. The van der Waals surface area contributed by atoms with Crippen molar-refractivity contribution < 1.29 is 4.79 Å². The number of fused-ring (bicyclic) bond motifs is 1. The van der Waals surface area contributed by atoms with Gasteiger partial charge in [0.2, 0.25) is 5.91 Å². The third-order valence-corrected chi connectivity index (χ3v) is 5.62. The predicted octanol–water partition coefficient (Wildman–Crippen LogP) is 3.19. The molecule has 1 aliphatic heterocycles. The molecule has 2 aromatic carbocycles. The molecular formula is C21H24N2O. The molecule has 2 aromatic rings. The average molecular weight is 320 g/mol. The number of benzene rings is 2. The van der Waals surface area contributed by atoms with Crippen LogP contribution >= 0.6 is 0 Å². The molecule has 0 saturated carbocycles. The normalized spacial score (nSPS) is 20.4. The van der Waals surface area contributed by atoms with Gasteiger partial charge in [-0.1, -0.05) is 48.5 Å². The first-order valence-electron chi connectivity index (χ1n) is 8.92. The highest BCUT2D eigenvalue weighted by Crippen LogP contribution is 2.37. The maximum absolute atomic E-state index is 12.8. The van der Waals surface area contributed by atoms with Gasteiger partial charge in [0.1, 0.15) is 0 Å². The van der Waals surface area contributed by atoms with Crippen LogP contribution in [0.3, 0.4) is 0 Å². The van der Waals surface area contributed by atoms with Crippen LogP contribution in [0.1, 0.15) is 46.9 Å². The summed E-state index contributed by atoms with van der Waals surface area (Å²) in [5, 5.41) is 0. The molecule has 1 unspecified atom stereocenters. The summed E-state index contributed by atoms with van der Waals surface area (Å²) in [6, 6.07) is 16.9. The molecule has 3 nitrogen and oxygen atoms in total. The molecule has 3 heteroatoms. The Labute approximate surface area is 143 Å². The minimum Gasteiger partial charge on any atom is -0.342 e. The smallest absolute Gasteiger partial charge is 0.230 e. The van der Waals surface area contributed by atoms with Gasteiger partial charge in [-0.05, 0) is 47.4 Å². The Morgan fingerprint density at radius 3 is 2.62 bits per heavy atom. The number of hydrogen-bond donors (Lipinski definition) is 1. The number of piperidine rings is 1. The molecule has 1 amide bonds. The lowest BCUT2D eigenvalue weighted by atomic mass is 9.76. The molecule has 0 aromatic heterocycles. The SMILES string of the molecule is NCc1cccc(C2CCN(C(=O)C3Cc4ccccc43)CC2)c1. The van der Waals surface area contributed by atoms with E-state index in [0.29, 0.717) is 18.4 Å². The van der Waals surface area contributed by atoms with Crippen molar-refractivity contribution >= 4 is 5.91 Å². The van der Waals surface area contributed by atoms with Gasteiger partial charge in [-0.2, -0.15) is 0 Å². The maximum atomic E-state index is 12.8. The van der Waals surface area contributed by atoms with Crippen molar-refractivity contribution in [1.82, 2.24) is 4.90 Å². The van der Waals surface area contributed by atoms with Crippen LogP contribution in [-0.2, 0) is 17.8 Å². The number of amides is 1. The van der Waals surface area contributed by atoms with E-state index in [9.17, 15) is 4.79 Å². The largest absolute Gasteiger partial charge is 0.342 e. The van der Waals surface area contributed by atoms with Crippen molar-refractivity contribution in [3.8, 4) is 0 Å². The van der Waals surface area contributed by atoms with Gasteiger partial charge in [0.05, 0.1) is 5.92 Å². The van der Waals surface area contributed by atoms with Crippen molar-refractivity contribution in [2.45, 2.75) is 37.6 Å². The first kappa shape index (κ1) is 15.4. The van der Waals surface area contributed by atoms with Crippen LogP contribution in [0.25, 0.3) is 0 Å². The lowest BCUT2D eigenvalue weighted by Gasteiger charge is -2.38. The molecule has 0 spiro atoms. The van der Waals surface area contributed by atoms with Crippen LogP contribution in [0.15, 0.2) is 48.5 Å². The van der Waals surface area contributed by atoms with Crippen molar-refractivity contribution in [2.24, 2.45) is 5.73 Å². The van der Waals surface area contributed by atoms with Gasteiger partial charge in [0.25, 0.3) is 0 Å². The second-order valence-electron chi connectivity index (χ2n) is 7.00. The third kappa shape index (κ3) is 2.73. The number of nitrogens with zero attached hydrogens (tertiary/aromatic N) is 1. The highest BCUT2D eigenvalue weighted by Gasteiger charge is 2.35. The third-order valence-electron chi connectivity index (χ3n) is 5.62. The second kappa shape index (κ2) is 6.40. The topological polar surface area (TPSA) is 46.3 Å². The number of nitrogens with two attached hydrogens (primary N) is 1. The van der Waals surface area contributed by atoms with E-state index in [0.717, 1.165) is 32.4 Å². The van der Waals surface area contributed by atoms with Gasteiger partial charge in [-0.3, -0.25) is 4.79 Å². The molecule has 0 bridgehead atoms. The zero-order chi connectivity index (χ0) is 16.5. The molecule has 2 N–H and O–H groups in total. The van der Waals surface area contributed by atoms with Crippen LogP contribution in [0, 0.1) is 0 Å². The van der Waals surface area contributed by atoms with Crippen molar-refractivity contribution in [1.29, 1.82) is 0 Å². The van der Waals surface area contributed by atoms with E-state index in [1.807, 2.05) is 6.07 Å². The monoisotopic (exact) mass is 320 g/mol. The van der Waals surface area contributed by atoms with E-state index >= 15 is 0 Å². The predicted molar refractivity (Wildman–Crippen MR) is 95.8 cm³/mol. The van der Waals surface area contributed by atoms with Gasteiger partial charge in [-0.25, -0.2) is 0 Å². The molecule has 2 aliphatic rings. The van der Waals surface area contributed by atoms with Crippen LogP contribution < -0.4 is 5.73 Å². The Morgan fingerprint density at radius 2 is 1.88 bits per heavy atom. The Balaban J connectivity index is 1.39. The van der Waals surface area contributed by atoms with Gasteiger partial charge < -0.3 is 10.6 Å². The summed E-state index contributed by atoms with van der Waals surface area (Å²) < 4.78 is 0. The lowest BCUT2D eigenvalue weighted by molar-refractivity contribution is -0.134. The number of likely N-dealkylation sites (tertiary alicyclic amines) is 1. The van der Waals surface area contributed by atoms with Crippen LogP contribution in [-0.4, -0.2) is 23.9 Å². The quantitative estimate of drug-likeness (QED) is 0.944. The zero-order valence-corrected chi connectivity index (χ0v) is 13.9. The molecule has 1 fully saturated rings. The van der Waals surface area contributed by atoms with E-state index in [-0.39, 0.29) is 5.92 Å². The minimum absolute atomic E-state index is 0.0957. The maximum Gasteiger partial charge on any atom is 0.230 e. The van der Waals surface area contributed by atoms with E-state index in [4.69, 9.17) is 5.73 Å². The summed E-state index contributed by atoms with van der Waals surface area (Å²) in [5.74, 6) is 0.968. The summed E-state index contributed by atoms with van der Waals surface area (Å²) in [4.78, 5) is 14.9. The number of carbonyl (C=O) groups excluding carboxylic acids is 1. The number of hydrogen-bond acceptors (Lipinski definition) is 2. The first-order valence-corrected chi connectivity index (χ1v) is 8.92. The molecule has 0 radical (unpaired) electrons. The molecule has 1 aliphatic carbocycles. The molecule has 24 heavy (non-hydrogen) atoms. The van der Waals surface area contributed by atoms with Crippen molar-refractivity contribution in [3.63, 3.8) is 0 Å². The molecule has 1 atom stereocenters. The molecule has 1 saturated heterocycles. The number of carbonyl (C=O) groups is 1. The Hall–Kier alpha value is -2.13. The first-order chi connectivity index (χ1) is 11.8. The summed E-state index contributed by atoms with van der Waals surface area (Å²) in [5.41, 5.74) is 10.9. The highest BCUT2D eigenvalue weighted by molar-refractivity contribution is 5.87. The molecule has 4 rings (SSSR count). The summed E-state index contributed by atoms with van der Waals surface area (Å²) >= 11 is 0. The van der Waals surface area contributed by atoms with Gasteiger partial charge in [-0.15, -0.1) is 0 Å². The Bertz CT molecular complexity index is 747. The highest BCUT2D eigenvalue weighted by atomic mass is 16.2. The van der Waals surface area contributed by atoms with Crippen molar-refractivity contribution in [3.05, 3.63) is 70.8 Å². The fraction of sp³-hybridized carbons (Fsp3) is 0.381. The van der Waals surface area contributed by atoms with Crippen LogP contribution in [0.2, 0.25) is 0 Å². The van der Waals surface area contributed by atoms with Gasteiger partial charge in [0.15, 0.2) is 0 Å². The minimum atomic E-state index is 0.0957. The lowest BCUT2D eigenvalue weighted by Crippen LogP contribution is -2.43. The molecule has 124 valence electrons. The summed E-state index contributed by atoms with van der Waals surface area (Å²) in [6.45, 7) is 2.33. The van der Waals surface area contributed by atoms with E-state index < -0.39 is 0 Å². The fourth-order valence-corrected chi connectivity index (χ4v) is 4.11. The van der Waals surface area contributed by atoms with E-state index in [2.05, 4.69) is 47.4 Å². The van der Waals surface area contributed by atoms with Crippen LogP contribution in [0.5, 0.6) is 0 Å². The van der Waals surface area contributed by atoms with Crippen molar-refractivity contribution in [2.75, 3.05) is 13.1 Å². The molecule has 1 heterocycles. The Morgan fingerprint density at radius 1 is 1.08 bits per heavy atom. The van der Waals surface area contributed by atoms with Gasteiger partial charge in [0, 0.05) is 19.6 Å². The van der Waals surface area contributed by atoms with E-state index in [1.54, 1.807) is 0 Å².